The summed E-state index contributed by atoms with van der Waals surface area (Å²) in [5.41, 5.74) is 3.45. The summed E-state index contributed by atoms with van der Waals surface area (Å²) in [4.78, 5) is 46.0. The number of benzene rings is 4. The summed E-state index contributed by atoms with van der Waals surface area (Å²) in [6.45, 7) is 2.00. The Morgan fingerprint density at radius 2 is 1.50 bits per heavy atom. The molecular weight excluding hydrogens is 498 g/mol. The lowest BCUT2D eigenvalue weighted by Gasteiger charge is -2.37. The summed E-state index contributed by atoms with van der Waals surface area (Å²) in [7, 11) is 1.57. The number of nitrogens with zero attached hydrogens (tertiary/aromatic N) is 1. The van der Waals surface area contributed by atoms with Crippen LogP contribution in [0.2, 0.25) is 0 Å². The molecule has 0 saturated carbocycles. The lowest BCUT2D eigenvalue weighted by Crippen LogP contribution is -2.48. The van der Waals surface area contributed by atoms with Crippen LogP contribution in [0.1, 0.15) is 53.7 Å². The molecule has 0 aromatic heterocycles. The average molecular weight is 526 g/mol. The highest BCUT2D eigenvalue weighted by atomic mass is 16.5. The van der Waals surface area contributed by atoms with Crippen molar-refractivity contribution in [1.82, 2.24) is 0 Å². The van der Waals surface area contributed by atoms with Crippen LogP contribution >= 0.6 is 0 Å². The molecule has 4 aromatic carbocycles. The van der Waals surface area contributed by atoms with Crippen LogP contribution in [0.3, 0.4) is 0 Å². The highest BCUT2D eigenvalue weighted by molar-refractivity contribution is 6.32. The van der Waals surface area contributed by atoms with Gasteiger partial charge in [-0.1, -0.05) is 96.6 Å². The number of methoxy groups -OCH3 is 1. The Morgan fingerprint density at radius 1 is 0.825 bits per heavy atom. The van der Waals surface area contributed by atoms with E-state index in [0.29, 0.717) is 22.4 Å². The molecule has 3 aliphatic rings. The van der Waals surface area contributed by atoms with Gasteiger partial charge < -0.3 is 9.64 Å². The first kappa shape index (κ1) is 24.3. The molecular formula is C35H27NO4. The molecule has 0 bridgehead atoms. The van der Waals surface area contributed by atoms with E-state index < -0.39 is 23.4 Å². The van der Waals surface area contributed by atoms with E-state index in [0.717, 1.165) is 22.4 Å². The van der Waals surface area contributed by atoms with Crippen molar-refractivity contribution >= 4 is 29.1 Å². The monoisotopic (exact) mass is 525 g/mol. The van der Waals surface area contributed by atoms with Gasteiger partial charge in [0.25, 0.3) is 0 Å². The number of hydrogen-bond acceptors (Lipinski definition) is 5. The normalized spacial score (nSPS) is 21.8. The van der Waals surface area contributed by atoms with E-state index in [1.807, 2.05) is 72.5 Å². The van der Waals surface area contributed by atoms with Crippen LogP contribution in [0, 0.1) is 12.3 Å². The highest BCUT2D eigenvalue weighted by Crippen LogP contribution is 2.61. The van der Waals surface area contributed by atoms with E-state index in [-0.39, 0.29) is 17.3 Å². The van der Waals surface area contributed by atoms with E-state index in [9.17, 15) is 14.4 Å². The Bertz CT molecular complexity index is 1700. The molecule has 5 heteroatoms. The van der Waals surface area contributed by atoms with Gasteiger partial charge in [0.2, 0.25) is 0 Å². The van der Waals surface area contributed by atoms with Gasteiger partial charge in [0.05, 0.1) is 13.2 Å². The zero-order chi connectivity index (χ0) is 27.6. The van der Waals surface area contributed by atoms with Crippen LogP contribution in [0.4, 0.5) is 5.69 Å². The van der Waals surface area contributed by atoms with Gasteiger partial charge in [0.15, 0.2) is 17.3 Å². The second-order valence-electron chi connectivity index (χ2n) is 10.8. The molecule has 2 aliphatic heterocycles. The van der Waals surface area contributed by atoms with E-state index >= 15 is 0 Å². The molecule has 4 aromatic rings. The minimum atomic E-state index is -1.50. The third kappa shape index (κ3) is 3.18. The minimum absolute atomic E-state index is 0.159. The summed E-state index contributed by atoms with van der Waals surface area (Å²) in [5, 5.41) is 0. The lowest BCUT2D eigenvalue weighted by atomic mass is 9.64. The van der Waals surface area contributed by atoms with Crippen LogP contribution in [-0.2, 0) is 0 Å². The molecule has 1 saturated heterocycles. The number of rotatable bonds is 4. The molecule has 1 fully saturated rings. The van der Waals surface area contributed by atoms with Crippen molar-refractivity contribution in [3.8, 4) is 5.75 Å². The average Bonchev–Trinajstić information content (AvgIpc) is 3.43. The van der Waals surface area contributed by atoms with E-state index in [4.69, 9.17) is 4.74 Å². The maximum Gasteiger partial charge on any atom is 0.186 e. The Morgan fingerprint density at radius 3 is 2.20 bits per heavy atom. The van der Waals surface area contributed by atoms with Gasteiger partial charge in [-0.15, -0.1) is 0 Å². The first-order valence-electron chi connectivity index (χ1n) is 13.5. The van der Waals surface area contributed by atoms with Crippen molar-refractivity contribution in [2.75, 3.05) is 12.0 Å². The maximum atomic E-state index is 14.7. The predicted octanol–water partition coefficient (Wildman–Crippen LogP) is 6.32. The molecule has 3 atom stereocenters. The number of para-hydroxylation sites is 1. The molecule has 7 rings (SSSR count). The number of ether oxygens (including phenoxy) is 1. The summed E-state index contributed by atoms with van der Waals surface area (Å²) in [6, 6.07) is 28.4. The predicted molar refractivity (Wildman–Crippen MR) is 154 cm³/mol. The van der Waals surface area contributed by atoms with Crippen molar-refractivity contribution in [3.63, 3.8) is 0 Å². The molecule has 0 unspecified atom stereocenters. The van der Waals surface area contributed by atoms with Crippen LogP contribution in [0.25, 0.3) is 6.08 Å². The first-order chi connectivity index (χ1) is 19.5. The van der Waals surface area contributed by atoms with Gasteiger partial charge in [-0.3, -0.25) is 14.4 Å². The standard InChI is InChI=1S/C35H27NO4/c1-21-14-16-23(17-15-21)30-31(32(37)24-9-7-10-25(20-24)40-2)36-28-13-6-3-8-22(28)18-19-29(36)35(30)33(38)26-11-4-5-12-27(26)34(35)39/h3-20,29-31H,1-2H3/t29-,30-,31+/m1/s1. The molecule has 0 amide bonds. The number of anilines is 1. The molecule has 0 radical (unpaired) electrons. The smallest absolute Gasteiger partial charge is 0.186 e. The number of Topliss-reactive ketones (excluding diaryl/α,β-unsaturated/α-hetero) is 3. The highest BCUT2D eigenvalue weighted by Gasteiger charge is 2.71. The van der Waals surface area contributed by atoms with Crippen molar-refractivity contribution in [3.05, 3.63) is 137 Å². The van der Waals surface area contributed by atoms with Gasteiger partial charge in [-0.05, 0) is 36.2 Å². The summed E-state index contributed by atoms with van der Waals surface area (Å²) < 4.78 is 5.44. The zero-order valence-corrected chi connectivity index (χ0v) is 22.2. The molecule has 1 aliphatic carbocycles. The number of carbonyl (C=O) groups is 3. The number of hydrogen-bond donors (Lipinski definition) is 0. The third-order valence-corrected chi connectivity index (χ3v) is 8.77. The SMILES string of the molecule is COc1cccc(C(=O)[C@@H]2[C@@H](c3ccc(C)cc3)C3(C(=O)c4ccccc4C3=O)[C@H]3C=Cc4ccccc4N23)c1. The Balaban J connectivity index is 1.54. The third-order valence-electron chi connectivity index (χ3n) is 8.77. The molecule has 5 nitrogen and oxygen atoms in total. The van der Waals surface area contributed by atoms with E-state index in [1.165, 1.54) is 0 Å². The van der Waals surface area contributed by atoms with Crippen molar-refractivity contribution in [1.29, 1.82) is 0 Å². The van der Waals surface area contributed by atoms with Crippen molar-refractivity contribution in [2.24, 2.45) is 5.41 Å². The number of fused-ring (bicyclic) bond motifs is 5. The number of aryl methyl sites for hydroxylation is 1. The fraction of sp³-hybridized carbons (Fsp3) is 0.171. The van der Waals surface area contributed by atoms with Crippen LogP contribution in [0.5, 0.6) is 5.75 Å². The number of carbonyl (C=O) groups excluding carboxylic acids is 3. The molecule has 2 heterocycles. The lowest BCUT2D eigenvalue weighted by molar-refractivity contribution is 0.0666. The summed E-state index contributed by atoms with van der Waals surface area (Å²) in [5.74, 6) is -0.758. The van der Waals surface area contributed by atoms with Gasteiger partial charge in [-0.2, -0.15) is 0 Å². The zero-order valence-electron chi connectivity index (χ0n) is 22.2. The minimum Gasteiger partial charge on any atom is -0.497 e. The fourth-order valence-corrected chi connectivity index (χ4v) is 7.01. The Hall–Kier alpha value is -4.77. The van der Waals surface area contributed by atoms with Crippen LogP contribution in [-0.4, -0.2) is 36.5 Å². The van der Waals surface area contributed by atoms with Crippen LogP contribution in [0.15, 0.2) is 103 Å². The summed E-state index contributed by atoms with van der Waals surface area (Å²) in [6.07, 6.45) is 3.93. The van der Waals surface area contributed by atoms with Crippen LogP contribution < -0.4 is 9.64 Å². The van der Waals surface area contributed by atoms with Crippen molar-refractivity contribution in [2.45, 2.75) is 24.9 Å². The van der Waals surface area contributed by atoms with E-state index in [2.05, 4.69) is 0 Å². The second kappa shape index (κ2) is 8.88. The molecule has 196 valence electrons. The van der Waals surface area contributed by atoms with Gasteiger partial charge in [0.1, 0.15) is 17.2 Å². The Labute approximate surface area is 232 Å². The first-order valence-corrected chi connectivity index (χ1v) is 13.5. The maximum absolute atomic E-state index is 14.7. The van der Waals surface area contributed by atoms with Gasteiger partial charge in [0, 0.05) is 28.3 Å². The summed E-state index contributed by atoms with van der Waals surface area (Å²) >= 11 is 0. The topological polar surface area (TPSA) is 63.7 Å². The Kier molecular flexibility index (Phi) is 5.39. The molecule has 40 heavy (non-hydrogen) atoms. The van der Waals surface area contributed by atoms with E-state index in [1.54, 1.807) is 55.6 Å². The van der Waals surface area contributed by atoms with Gasteiger partial charge >= 0.3 is 0 Å². The fourth-order valence-electron chi connectivity index (χ4n) is 7.01. The van der Waals surface area contributed by atoms with Gasteiger partial charge in [-0.25, -0.2) is 0 Å². The largest absolute Gasteiger partial charge is 0.497 e. The quantitative estimate of drug-likeness (QED) is 0.231. The molecule has 0 N–H and O–H groups in total. The van der Waals surface area contributed by atoms with Crippen molar-refractivity contribution < 1.29 is 19.1 Å². The second-order valence-corrected chi connectivity index (χ2v) is 10.8. The molecule has 1 spiro atoms. The number of ketones is 3.